The highest BCUT2D eigenvalue weighted by Crippen LogP contribution is 2.37. The van der Waals surface area contributed by atoms with Gasteiger partial charge >= 0.3 is 0 Å². The van der Waals surface area contributed by atoms with Gasteiger partial charge < -0.3 is 5.11 Å². The van der Waals surface area contributed by atoms with Crippen molar-refractivity contribution in [2.75, 3.05) is 0 Å². The zero-order valence-corrected chi connectivity index (χ0v) is 11.6. The van der Waals surface area contributed by atoms with E-state index in [1.54, 1.807) is 0 Å². The van der Waals surface area contributed by atoms with Crippen molar-refractivity contribution in [1.29, 1.82) is 0 Å². The predicted octanol–water partition coefficient (Wildman–Crippen LogP) is 4.21. The summed E-state index contributed by atoms with van der Waals surface area (Å²) in [7, 11) is 0. The third kappa shape index (κ3) is 2.92. The third-order valence-electron chi connectivity index (χ3n) is 4.87. The summed E-state index contributed by atoms with van der Waals surface area (Å²) in [6.45, 7) is 0. The average molecular weight is 256 g/mol. The van der Waals surface area contributed by atoms with Gasteiger partial charge in [0, 0.05) is 0 Å². The van der Waals surface area contributed by atoms with E-state index in [4.69, 9.17) is 0 Å². The average Bonchev–Trinajstić information content (AvgIpc) is 2.48. The molecule has 1 aromatic rings. The first kappa shape index (κ1) is 12.9. The molecule has 0 heterocycles. The number of benzene rings is 1. The molecule has 3 rings (SSSR count). The SMILES string of the molecule is OC(CC1CCCc2ccccc21)C1CC=CCC1. The van der Waals surface area contributed by atoms with E-state index >= 15 is 0 Å². The van der Waals surface area contributed by atoms with Crippen LogP contribution in [0.3, 0.4) is 0 Å². The smallest absolute Gasteiger partial charge is 0.0577 e. The van der Waals surface area contributed by atoms with Crippen LogP contribution in [-0.2, 0) is 6.42 Å². The summed E-state index contributed by atoms with van der Waals surface area (Å²) in [5.74, 6) is 1.06. The summed E-state index contributed by atoms with van der Waals surface area (Å²) in [5.41, 5.74) is 3.01. The lowest BCUT2D eigenvalue weighted by molar-refractivity contribution is 0.0843. The molecule has 0 saturated carbocycles. The van der Waals surface area contributed by atoms with E-state index in [2.05, 4.69) is 36.4 Å². The lowest BCUT2D eigenvalue weighted by Crippen LogP contribution is -2.25. The maximum Gasteiger partial charge on any atom is 0.0577 e. The molecule has 19 heavy (non-hydrogen) atoms. The Morgan fingerprint density at radius 2 is 2.05 bits per heavy atom. The predicted molar refractivity (Wildman–Crippen MR) is 79.2 cm³/mol. The summed E-state index contributed by atoms with van der Waals surface area (Å²) < 4.78 is 0. The molecule has 1 nitrogen and oxygen atoms in total. The van der Waals surface area contributed by atoms with E-state index in [-0.39, 0.29) is 6.10 Å². The van der Waals surface area contributed by atoms with Gasteiger partial charge in [0.05, 0.1) is 6.10 Å². The first-order valence-corrected chi connectivity index (χ1v) is 7.75. The Morgan fingerprint density at radius 3 is 2.89 bits per heavy atom. The molecule has 2 aliphatic carbocycles. The Labute approximate surface area is 116 Å². The van der Waals surface area contributed by atoms with Crippen LogP contribution in [0.15, 0.2) is 36.4 Å². The first-order chi connectivity index (χ1) is 9.34. The third-order valence-corrected chi connectivity index (χ3v) is 4.87. The van der Waals surface area contributed by atoms with Gasteiger partial charge in [0.25, 0.3) is 0 Å². The molecule has 102 valence electrons. The van der Waals surface area contributed by atoms with E-state index in [0.29, 0.717) is 11.8 Å². The summed E-state index contributed by atoms with van der Waals surface area (Å²) in [5, 5.41) is 10.5. The van der Waals surface area contributed by atoms with Crippen molar-refractivity contribution in [3.05, 3.63) is 47.5 Å². The highest BCUT2D eigenvalue weighted by molar-refractivity contribution is 5.32. The number of hydrogen-bond donors (Lipinski definition) is 1. The van der Waals surface area contributed by atoms with Crippen molar-refractivity contribution in [2.24, 2.45) is 5.92 Å². The summed E-state index contributed by atoms with van der Waals surface area (Å²) in [6, 6.07) is 8.82. The van der Waals surface area contributed by atoms with E-state index < -0.39 is 0 Å². The largest absolute Gasteiger partial charge is 0.393 e. The van der Waals surface area contributed by atoms with Crippen molar-refractivity contribution >= 4 is 0 Å². The Kier molecular flexibility index (Phi) is 4.03. The molecule has 0 aliphatic heterocycles. The summed E-state index contributed by atoms with van der Waals surface area (Å²) in [6.07, 6.45) is 12.4. The number of aliphatic hydroxyl groups is 1. The number of rotatable bonds is 3. The van der Waals surface area contributed by atoms with Gasteiger partial charge in [0.1, 0.15) is 0 Å². The van der Waals surface area contributed by atoms with Gasteiger partial charge in [-0.2, -0.15) is 0 Å². The molecule has 1 aromatic carbocycles. The fourth-order valence-electron chi connectivity index (χ4n) is 3.75. The minimum absolute atomic E-state index is 0.124. The molecule has 1 heteroatoms. The van der Waals surface area contributed by atoms with Gasteiger partial charge in [-0.3, -0.25) is 0 Å². The normalized spacial score (nSPS) is 27.8. The van der Waals surface area contributed by atoms with Gasteiger partial charge in [-0.15, -0.1) is 0 Å². The number of hydrogen-bond acceptors (Lipinski definition) is 1. The minimum atomic E-state index is -0.124. The Hall–Kier alpha value is -1.08. The van der Waals surface area contributed by atoms with Crippen LogP contribution in [0.4, 0.5) is 0 Å². The van der Waals surface area contributed by atoms with Crippen LogP contribution in [0.1, 0.15) is 55.6 Å². The molecule has 0 fully saturated rings. The van der Waals surface area contributed by atoms with Crippen LogP contribution in [-0.4, -0.2) is 11.2 Å². The van der Waals surface area contributed by atoms with E-state index in [1.807, 2.05) is 0 Å². The van der Waals surface area contributed by atoms with Crippen LogP contribution in [0.25, 0.3) is 0 Å². The standard InChI is InChI=1S/C18H24O/c19-18(15-8-2-1-3-9-15)13-16-11-6-10-14-7-4-5-12-17(14)16/h1-2,4-5,7,12,15-16,18-19H,3,6,8-11,13H2. The molecule has 3 unspecified atom stereocenters. The summed E-state index contributed by atoms with van der Waals surface area (Å²) in [4.78, 5) is 0. The van der Waals surface area contributed by atoms with Crippen LogP contribution in [0, 0.1) is 5.92 Å². The zero-order valence-electron chi connectivity index (χ0n) is 11.6. The van der Waals surface area contributed by atoms with E-state index in [9.17, 15) is 5.11 Å². The van der Waals surface area contributed by atoms with Crippen molar-refractivity contribution in [2.45, 2.75) is 57.0 Å². The molecule has 0 amide bonds. The monoisotopic (exact) mass is 256 g/mol. The van der Waals surface area contributed by atoms with Gasteiger partial charge in [-0.25, -0.2) is 0 Å². The molecular weight excluding hydrogens is 232 g/mol. The number of allylic oxidation sites excluding steroid dienone is 2. The van der Waals surface area contributed by atoms with Gasteiger partial charge in [-0.1, -0.05) is 36.4 Å². The Balaban J connectivity index is 1.68. The molecule has 0 saturated heterocycles. The van der Waals surface area contributed by atoms with Crippen molar-refractivity contribution in [3.63, 3.8) is 0 Å². The van der Waals surface area contributed by atoms with Gasteiger partial charge in [-0.05, 0) is 67.9 Å². The highest BCUT2D eigenvalue weighted by Gasteiger charge is 2.26. The van der Waals surface area contributed by atoms with Crippen LogP contribution in [0.5, 0.6) is 0 Å². The van der Waals surface area contributed by atoms with Crippen LogP contribution < -0.4 is 0 Å². The first-order valence-electron chi connectivity index (χ1n) is 7.75. The Bertz CT molecular complexity index is 449. The van der Waals surface area contributed by atoms with Gasteiger partial charge in [0.2, 0.25) is 0 Å². The molecule has 3 atom stereocenters. The lowest BCUT2D eigenvalue weighted by Gasteiger charge is -2.31. The topological polar surface area (TPSA) is 20.2 Å². The minimum Gasteiger partial charge on any atom is -0.393 e. The second-order valence-electron chi connectivity index (χ2n) is 6.14. The molecular formula is C18H24O. The molecule has 2 aliphatic rings. The maximum absolute atomic E-state index is 10.5. The van der Waals surface area contributed by atoms with Crippen molar-refractivity contribution in [1.82, 2.24) is 0 Å². The molecule has 0 aromatic heterocycles. The second kappa shape index (κ2) is 5.92. The fourth-order valence-corrected chi connectivity index (χ4v) is 3.75. The Morgan fingerprint density at radius 1 is 1.16 bits per heavy atom. The molecule has 0 bridgehead atoms. The molecule has 1 N–H and O–H groups in total. The highest BCUT2D eigenvalue weighted by atomic mass is 16.3. The van der Waals surface area contributed by atoms with Crippen molar-refractivity contribution < 1.29 is 5.11 Å². The quantitative estimate of drug-likeness (QED) is 0.803. The zero-order chi connectivity index (χ0) is 13.1. The molecule has 0 spiro atoms. The number of fused-ring (bicyclic) bond motifs is 1. The van der Waals surface area contributed by atoms with Gasteiger partial charge in [0.15, 0.2) is 0 Å². The van der Waals surface area contributed by atoms with Crippen LogP contribution in [0.2, 0.25) is 0 Å². The fraction of sp³-hybridized carbons (Fsp3) is 0.556. The van der Waals surface area contributed by atoms with Crippen LogP contribution >= 0.6 is 0 Å². The summed E-state index contributed by atoms with van der Waals surface area (Å²) >= 11 is 0. The van der Waals surface area contributed by atoms with E-state index in [0.717, 1.165) is 25.7 Å². The van der Waals surface area contributed by atoms with Crippen molar-refractivity contribution in [3.8, 4) is 0 Å². The lowest BCUT2D eigenvalue weighted by atomic mass is 9.77. The second-order valence-corrected chi connectivity index (χ2v) is 6.14. The maximum atomic E-state index is 10.5. The molecule has 0 radical (unpaired) electrons. The van der Waals surface area contributed by atoms with E-state index in [1.165, 1.54) is 30.4 Å². The number of aryl methyl sites for hydroxylation is 1. The number of aliphatic hydroxyl groups excluding tert-OH is 1.